The van der Waals surface area contributed by atoms with Crippen molar-refractivity contribution < 1.29 is 9.59 Å². The maximum Gasteiger partial charge on any atom is 0.344 e. The van der Waals surface area contributed by atoms with E-state index in [0.29, 0.717) is 17.5 Å². The minimum Gasteiger partial charge on any atom is -0.322 e. The van der Waals surface area contributed by atoms with Gasteiger partial charge in [-0.1, -0.05) is 29.8 Å². The average molecular weight is 402 g/mol. The van der Waals surface area contributed by atoms with Crippen LogP contribution in [0.2, 0.25) is 5.02 Å². The summed E-state index contributed by atoms with van der Waals surface area (Å²) in [7, 11) is 1.67. The van der Waals surface area contributed by atoms with Crippen LogP contribution in [-0.2, 0) is 11.3 Å². The van der Waals surface area contributed by atoms with Crippen LogP contribution in [0.25, 0.3) is 0 Å². The van der Waals surface area contributed by atoms with Crippen LogP contribution in [0.15, 0.2) is 36.7 Å². The Kier molecular flexibility index (Phi) is 5.12. The monoisotopic (exact) mass is 401 g/mol. The van der Waals surface area contributed by atoms with Gasteiger partial charge in [-0.3, -0.25) is 9.69 Å². The fourth-order valence-electron chi connectivity index (χ4n) is 4.16. The Labute approximate surface area is 169 Å². The standard InChI is InChI=1S/C20H24ClN5O2/c1-14(27)23(2)18-7-22-26(13-18)20(28)25-11-16-9-24(10-17(16)12-25)8-15-5-3-4-6-19(15)21/h3-7,13,16-17H,8-12H2,1-2H3. The molecule has 4 rings (SSSR count). The number of amides is 2. The zero-order valence-corrected chi connectivity index (χ0v) is 16.8. The van der Waals surface area contributed by atoms with Crippen LogP contribution >= 0.6 is 11.6 Å². The van der Waals surface area contributed by atoms with E-state index in [4.69, 9.17) is 11.6 Å². The third-order valence-electron chi connectivity index (χ3n) is 5.81. The van der Waals surface area contributed by atoms with Gasteiger partial charge in [0.05, 0.1) is 18.1 Å². The molecule has 1 aromatic carbocycles. The predicted molar refractivity (Wildman–Crippen MR) is 107 cm³/mol. The van der Waals surface area contributed by atoms with Crippen molar-refractivity contribution in [3.8, 4) is 0 Å². The number of nitrogens with zero attached hydrogens (tertiary/aromatic N) is 5. The third kappa shape index (κ3) is 3.64. The first kappa shape index (κ1) is 19.0. The molecule has 7 nitrogen and oxygen atoms in total. The Morgan fingerprint density at radius 1 is 1.18 bits per heavy atom. The van der Waals surface area contributed by atoms with Crippen molar-refractivity contribution in [1.29, 1.82) is 0 Å². The van der Waals surface area contributed by atoms with E-state index in [1.54, 1.807) is 19.4 Å². The number of aromatic nitrogens is 2. The average Bonchev–Trinajstić information content (AvgIpc) is 3.37. The molecule has 2 saturated heterocycles. The van der Waals surface area contributed by atoms with Gasteiger partial charge >= 0.3 is 6.03 Å². The van der Waals surface area contributed by atoms with Crippen molar-refractivity contribution >= 4 is 29.2 Å². The molecule has 2 aliphatic heterocycles. The summed E-state index contributed by atoms with van der Waals surface area (Å²) in [5.41, 5.74) is 1.77. The minimum atomic E-state index is -0.129. The second-order valence-electron chi connectivity index (χ2n) is 7.71. The van der Waals surface area contributed by atoms with Gasteiger partial charge in [-0.05, 0) is 23.5 Å². The Balaban J connectivity index is 1.35. The first-order chi connectivity index (χ1) is 13.4. The van der Waals surface area contributed by atoms with E-state index in [0.717, 1.165) is 43.3 Å². The number of halogens is 1. The molecule has 148 valence electrons. The number of rotatable bonds is 3. The molecule has 2 aromatic rings. The minimum absolute atomic E-state index is 0.0960. The van der Waals surface area contributed by atoms with E-state index in [2.05, 4.69) is 16.1 Å². The number of likely N-dealkylation sites (tertiary alicyclic amines) is 2. The fraction of sp³-hybridized carbons (Fsp3) is 0.450. The summed E-state index contributed by atoms with van der Waals surface area (Å²) in [5, 5.41) is 4.95. The molecule has 0 radical (unpaired) electrons. The van der Waals surface area contributed by atoms with E-state index >= 15 is 0 Å². The molecule has 3 heterocycles. The van der Waals surface area contributed by atoms with Gasteiger partial charge in [0.15, 0.2) is 0 Å². The number of carbonyl (C=O) groups excluding carboxylic acids is 2. The van der Waals surface area contributed by atoms with Crippen LogP contribution in [0.1, 0.15) is 12.5 Å². The molecule has 2 aliphatic rings. The summed E-state index contributed by atoms with van der Waals surface area (Å²) in [6, 6.07) is 7.83. The first-order valence-electron chi connectivity index (χ1n) is 9.46. The SMILES string of the molecule is CC(=O)N(C)c1cnn(C(=O)N2CC3CN(Cc4ccccc4Cl)CC3C2)c1. The molecule has 2 atom stereocenters. The number of hydrogen-bond donors (Lipinski definition) is 0. The number of carbonyl (C=O) groups is 2. The highest BCUT2D eigenvalue weighted by atomic mass is 35.5. The summed E-state index contributed by atoms with van der Waals surface area (Å²) >= 11 is 6.29. The Morgan fingerprint density at radius 3 is 2.50 bits per heavy atom. The summed E-state index contributed by atoms with van der Waals surface area (Å²) < 4.78 is 1.33. The lowest BCUT2D eigenvalue weighted by Gasteiger charge is -2.21. The van der Waals surface area contributed by atoms with Gasteiger partial charge in [-0.25, -0.2) is 4.79 Å². The van der Waals surface area contributed by atoms with Gasteiger partial charge in [-0.2, -0.15) is 9.78 Å². The number of anilines is 1. The molecule has 8 heteroatoms. The molecule has 2 amide bonds. The summed E-state index contributed by atoms with van der Waals surface area (Å²) in [6.07, 6.45) is 3.16. The number of benzene rings is 1. The van der Waals surface area contributed by atoms with Crippen LogP contribution in [-0.4, -0.2) is 64.7 Å². The molecule has 0 saturated carbocycles. The molecule has 1 aromatic heterocycles. The normalized spacial score (nSPS) is 21.8. The molecule has 28 heavy (non-hydrogen) atoms. The Bertz CT molecular complexity index is 884. The van der Waals surface area contributed by atoms with Crippen molar-refractivity contribution in [2.24, 2.45) is 11.8 Å². The first-order valence-corrected chi connectivity index (χ1v) is 9.84. The van der Waals surface area contributed by atoms with Crippen LogP contribution in [0, 0.1) is 11.8 Å². The van der Waals surface area contributed by atoms with E-state index in [-0.39, 0.29) is 11.9 Å². The maximum absolute atomic E-state index is 12.8. The highest BCUT2D eigenvalue weighted by Gasteiger charge is 2.42. The highest BCUT2D eigenvalue weighted by Crippen LogP contribution is 2.33. The van der Waals surface area contributed by atoms with Crippen LogP contribution in [0.3, 0.4) is 0 Å². The zero-order chi connectivity index (χ0) is 19.8. The van der Waals surface area contributed by atoms with E-state index in [1.807, 2.05) is 23.1 Å². The van der Waals surface area contributed by atoms with Crippen molar-refractivity contribution in [1.82, 2.24) is 19.6 Å². The van der Waals surface area contributed by atoms with Crippen LogP contribution < -0.4 is 4.90 Å². The lowest BCUT2D eigenvalue weighted by molar-refractivity contribution is -0.116. The molecule has 0 spiro atoms. The molecular formula is C20H24ClN5O2. The van der Waals surface area contributed by atoms with Gasteiger partial charge < -0.3 is 9.80 Å². The fourth-order valence-corrected chi connectivity index (χ4v) is 4.36. The van der Waals surface area contributed by atoms with Crippen molar-refractivity contribution in [2.45, 2.75) is 13.5 Å². The zero-order valence-electron chi connectivity index (χ0n) is 16.1. The molecule has 0 N–H and O–H groups in total. The predicted octanol–water partition coefficient (Wildman–Crippen LogP) is 2.55. The summed E-state index contributed by atoms with van der Waals surface area (Å²) in [5.74, 6) is 0.851. The molecule has 2 unspecified atom stereocenters. The molecule has 0 aliphatic carbocycles. The van der Waals surface area contributed by atoms with Crippen molar-refractivity contribution in [3.63, 3.8) is 0 Å². The van der Waals surface area contributed by atoms with E-state index in [9.17, 15) is 9.59 Å². The smallest absolute Gasteiger partial charge is 0.322 e. The summed E-state index contributed by atoms with van der Waals surface area (Å²) in [4.78, 5) is 30.0. The number of hydrogen-bond acceptors (Lipinski definition) is 4. The van der Waals surface area contributed by atoms with Gasteiger partial charge in [0.1, 0.15) is 0 Å². The summed E-state index contributed by atoms with van der Waals surface area (Å²) in [6.45, 7) is 5.74. The van der Waals surface area contributed by atoms with Gasteiger partial charge in [0, 0.05) is 51.7 Å². The van der Waals surface area contributed by atoms with Gasteiger partial charge in [0.25, 0.3) is 0 Å². The second-order valence-corrected chi connectivity index (χ2v) is 8.12. The molecule has 0 bridgehead atoms. The van der Waals surface area contributed by atoms with Gasteiger partial charge in [0.2, 0.25) is 5.91 Å². The van der Waals surface area contributed by atoms with E-state index in [1.165, 1.54) is 16.5 Å². The number of fused-ring (bicyclic) bond motifs is 1. The second kappa shape index (κ2) is 7.56. The van der Waals surface area contributed by atoms with Crippen molar-refractivity contribution in [2.75, 3.05) is 38.1 Å². The van der Waals surface area contributed by atoms with Gasteiger partial charge in [-0.15, -0.1) is 0 Å². The molecule has 2 fully saturated rings. The quantitative estimate of drug-likeness (QED) is 0.793. The molecular weight excluding hydrogens is 378 g/mol. The van der Waals surface area contributed by atoms with Crippen LogP contribution in [0.5, 0.6) is 0 Å². The van der Waals surface area contributed by atoms with E-state index < -0.39 is 0 Å². The topological polar surface area (TPSA) is 61.7 Å². The lowest BCUT2D eigenvalue weighted by Crippen LogP contribution is -2.36. The third-order valence-corrected chi connectivity index (χ3v) is 6.18. The Hall–Kier alpha value is -2.38. The van der Waals surface area contributed by atoms with Crippen molar-refractivity contribution in [3.05, 3.63) is 47.2 Å². The Morgan fingerprint density at radius 2 is 1.86 bits per heavy atom. The lowest BCUT2D eigenvalue weighted by atomic mass is 10.0. The largest absolute Gasteiger partial charge is 0.344 e. The maximum atomic E-state index is 12.8. The highest BCUT2D eigenvalue weighted by molar-refractivity contribution is 6.31. The van der Waals surface area contributed by atoms with Crippen LogP contribution in [0.4, 0.5) is 10.5 Å².